The van der Waals surface area contributed by atoms with Crippen LogP contribution in [-0.4, -0.2) is 5.78 Å². The molecule has 0 aliphatic carbocycles. The van der Waals surface area contributed by atoms with Crippen molar-refractivity contribution < 1.29 is 13.6 Å². The normalized spacial score (nSPS) is 11.1. The lowest BCUT2D eigenvalue weighted by atomic mass is 10.1. The molecule has 0 bridgehead atoms. The van der Waals surface area contributed by atoms with E-state index in [-0.39, 0.29) is 11.5 Å². The lowest BCUT2D eigenvalue weighted by molar-refractivity contribution is 0.101. The molecule has 2 heterocycles. The summed E-state index contributed by atoms with van der Waals surface area (Å²) in [4.78, 5) is 12.4. The summed E-state index contributed by atoms with van der Waals surface area (Å²) < 4.78 is 10.8. The minimum absolute atomic E-state index is 0.183. The summed E-state index contributed by atoms with van der Waals surface area (Å²) in [5, 5.41) is 1.32. The first kappa shape index (κ1) is 12.1. The molecule has 0 spiro atoms. The van der Waals surface area contributed by atoms with Crippen molar-refractivity contribution in [3.05, 3.63) is 58.7 Å². The molecule has 3 nitrogen and oxygen atoms in total. The van der Waals surface area contributed by atoms with Crippen molar-refractivity contribution in [1.82, 2.24) is 0 Å². The number of carbonyl (C=O) groups excluding carboxylic acids is 1. The lowest BCUT2D eigenvalue weighted by Crippen LogP contribution is -2.00. The van der Waals surface area contributed by atoms with E-state index in [0.717, 1.165) is 5.39 Å². The number of carbonyl (C=O) groups is 1. The van der Waals surface area contributed by atoms with Gasteiger partial charge in [-0.05, 0) is 18.2 Å². The minimum atomic E-state index is -0.183. The van der Waals surface area contributed by atoms with Gasteiger partial charge in [0.25, 0.3) is 0 Å². The zero-order chi connectivity index (χ0) is 13.4. The molecule has 3 rings (SSSR count). The van der Waals surface area contributed by atoms with Crippen molar-refractivity contribution >= 4 is 28.4 Å². The van der Waals surface area contributed by atoms with Gasteiger partial charge in [0, 0.05) is 11.8 Å². The monoisotopic (exact) mass is 274 g/mol. The third kappa shape index (κ3) is 1.96. The van der Waals surface area contributed by atoms with Gasteiger partial charge in [0.05, 0.1) is 16.8 Å². The average Bonchev–Trinajstić information content (AvgIpc) is 3.04. The maximum Gasteiger partial charge on any atom is 0.231 e. The maximum atomic E-state index is 12.4. The number of para-hydroxylation sites is 1. The molecule has 96 valence electrons. The minimum Gasteiger partial charge on any atom is -0.469 e. The molecule has 0 unspecified atom stereocenters. The van der Waals surface area contributed by atoms with Gasteiger partial charge >= 0.3 is 0 Å². The predicted octanol–water partition coefficient (Wildman–Crippen LogP) is 4.47. The molecule has 2 aromatic heterocycles. The number of halogens is 1. The highest BCUT2D eigenvalue weighted by Gasteiger charge is 2.19. The van der Waals surface area contributed by atoms with Gasteiger partial charge in [-0.1, -0.05) is 30.7 Å². The van der Waals surface area contributed by atoms with Crippen LogP contribution in [0.1, 0.15) is 28.8 Å². The Morgan fingerprint density at radius 2 is 2.16 bits per heavy atom. The second-order valence-electron chi connectivity index (χ2n) is 4.21. The van der Waals surface area contributed by atoms with Crippen LogP contribution in [-0.2, 0) is 6.42 Å². The molecule has 1 aromatic carbocycles. The highest BCUT2D eigenvalue weighted by atomic mass is 35.5. The van der Waals surface area contributed by atoms with Crippen molar-refractivity contribution in [3.8, 4) is 0 Å². The van der Waals surface area contributed by atoms with Crippen LogP contribution < -0.4 is 0 Å². The van der Waals surface area contributed by atoms with E-state index in [0.29, 0.717) is 28.4 Å². The SMILES string of the molecule is CCc1occc1C(=O)c1cc2cccc(Cl)c2o1. The molecular formula is C15H11ClO3. The number of fused-ring (bicyclic) bond motifs is 1. The summed E-state index contributed by atoms with van der Waals surface area (Å²) in [7, 11) is 0. The Hall–Kier alpha value is -2.00. The molecule has 19 heavy (non-hydrogen) atoms. The van der Waals surface area contributed by atoms with Gasteiger partial charge in [-0.3, -0.25) is 4.79 Å². The van der Waals surface area contributed by atoms with Crippen molar-refractivity contribution in [2.24, 2.45) is 0 Å². The van der Waals surface area contributed by atoms with E-state index in [1.165, 1.54) is 6.26 Å². The van der Waals surface area contributed by atoms with Crippen LogP contribution in [0.3, 0.4) is 0 Å². The summed E-state index contributed by atoms with van der Waals surface area (Å²) in [5.74, 6) is 0.758. The molecular weight excluding hydrogens is 264 g/mol. The smallest absolute Gasteiger partial charge is 0.231 e. The topological polar surface area (TPSA) is 43.4 Å². The number of hydrogen-bond acceptors (Lipinski definition) is 3. The Bertz CT molecular complexity index is 752. The zero-order valence-electron chi connectivity index (χ0n) is 10.3. The number of furan rings is 2. The molecule has 0 aliphatic heterocycles. The van der Waals surface area contributed by atoms with Crippen LogP contribution in [0.15, 0.2) is 45.4 Å². The molecule has 4 heteroatoms. The molecule has 0 saturated heterocycles. The first-order chi connectivity index (χ1) is 9.20. The molecule has 0 amide bonds. The first-order valence-electron chi connectivity index (χ1n) is 6.00. The number of rotatable bonds is 3. The van der Waals surface area contributed by atoms with Crippen LogP contribution in [0.25, 0.3) is 11.0 Å². The molecule has 0 N–H and O–H groups in total. The summed E-state index contributed by atoms with van der Waals surface area (Å²) in [6.45, 7) is 1.94. The zero-order valence-corrected chi connectivity index (χ0v) is 11.0. The van der Waals surface area contributed by atoms with E-state index in [9.17, 15) is 4.79 Å². The summed E-state index contributed by atoms with van der Waals surface area (Å²) >= 11 is 6.03. The highest BCUT2D eigenvalue weighted by molar-refractivity contribution is 6.35. The fourth-order valence-electron chi connectivity index (χ4n) is 2.09. The van der Waals surface area contributed by atoms with Crippen LogP contribution in [0.5, 0.6) is 0 Å². The van der Waals surface area contributed by atoms with Gasteiger partial charge in [-0.25, -0.2) is 0 Å². The third-order valence-corrected chi connectivity index (χ3v) is 3.33. The van der Waals surface area contributed by atoms with Crippen molar-refractivity contribution in [2.45, 2.75) is 13.3 Å². The fourth-order valence-corrected chi connectivity index (χ4v) is 2.31. The number of hydrogen-bond donors (Lipinski definition) is 0. The van der Waals surface area contributed by atoms with Gasteiger partial charge < -0.3 is 8.83 Å². The van der Waals surface area contributed by atoms with Crippen LogP contribution in [0, 0.1) is 0 Å². The third-order valence-electron chi connectivity index (χ3n) is 3.03. The van der Waals surface area contributed by atoms with E-state index in [2.05, 4.69) is 0 Å². The van der Waals surface area contributed by atoms with Crippen LogP contribution in [0.4, 0.5) is 0 Å². The van der Waals surface area contributed by atoms with Crippen molar-refractivity contribution in [1.29, 1.82) is 0 Å². The van der Waals surface area contributed by atoms with Gasteiger partial charge in [0.1, 0.15) is 5.76 Å². The summed E-state index contributed by atoms with van der Waals surface area (Å²) in [6, 6.07) is 8.78. The Morgan fingerprint density at radius 1 is 1.32 bits per heavy atom. The predicted molar refractivity (Wildman–Crippen MR) is 72.7 cm³/mol. The van der Waals surface area contributed by atoms with E-state index in [4.69, 9.17) is 20.4 Å². The molecule has 0 fully saturated rings. The second-order valence-corrected chi connectivity index (χ2v) is 4.62. The lowest BCUT2D eigenvalue weighted by Gasteiger charge is -1.96. The largest absolute Gasteiger partial charge is 0.469 e. The Morgan fingerprint density at radius 3 is 2.89 bits per heavy atom. The van der Waals surface area contributed by atoms with E-state index in [1.807, 2.05) is 19.1 Å². The van der Waals surface area contributed by atoms with Crippen molar-refractivity contribution in [3.63, 3.8) is 0 Å². The Kier molecular flexibility index (Phi) is 2.91. The molecule has 0 aliphatic rings. The quantitative estimate of drug-likeness (QED) is 0.662. The average molecular weight is 275 g/mol. The second kappa shape index (κ2) is 4.59. The molecule has 3 aromatic rings. The molecule has 0 atom stereocenters. The van der Waals surface area contributed by atoms with E-state index < -0.39 is 0 Å². The van der Waals surface area contributed by atoms with Crippen LogP contribution >= 0.6 is 11.6 Å². The number of aryl methyl sites for hydroxylation is 1. The van der Waals surface area contributed by atoms with Crippen molar-refractivity contribution in [2.75, 3.05) is 0 Å². The highest BCUT2D eigenvalue weighted by Crippen LogP contribution is 2.28. The van der Waals surface area contributed by atoms with Gasteiger partial charge in [-0.2, -0.15) is 0 Å². The Labute approximate surface area is 114 Å². The van der Waals surface area contributed by atoms with Gasteiger partial charge in [0.2, 0.25) is 5.78 Å². The molecule has 0 radical (unpaired) electrons. The first-order valence-corrected chi connectivity index (χ1v) is 6.37. The van der Waals surface area contributed by atoms with E-state index in [1.54, 1.807) is 18.2 Å². The standard InChI is InChI=1S/C15H11ClO3/c1-2-12-10(6-7-18-12)14(17)13-8-9-4-3-5-11(16)15(9)19-13/h3-8H,2H2,1H3. The Balaban J connectivity index is 2.09. The summed E-state index contributed by atoms with van der Waals surface area (Å²) in [5.41, 5.74) is 1.08. The van der Waals surface area contributed by atoms with E-state index >= 15 is 0 Å². The maximum absolute atomic E-state index is 12.4. The summed E-state index contributed by atoms with van der Waals surface area (Å²) in [6.07, 6.45) is 2.18. The molecule has 0 saturated carbocycles. The van der Waals surface area contributed by atoms with Gasteiger partial charge in [-0.15, -0.1) is 0 Å². The number of ketones is 1. The fraction of sp³-hybridized carbons (Fsp3) is 0.133. The van der Waals surface area contributed by atoms with Crippen LogP contribution in [0.2, 0.25) is 5.02 Å². The number of benzene rings is 1. The van der Waals surface area contributed by atoms with Gasteiger partial charge in [0.15, 0.2) is 11.3 Å².